The molecule has 0 unspecified atom stereocenters. The van der Waals surface area contributed by atoms with Gasteiger partial charge in [-0.15, -0.1) is 0 Å². The minimum Gasteiger partial charge on any atom is -0.496 e. The first-order valence-corrected chi connectivity index (χ1v) is 6.34. The van der Waals surface area contributed by atoms with Crippen LogP contribution in [0, 0.1) is 0 Å². The number of benzene rings is 1. The van der Waals surface area contributed by atoms with Crippen LogP contribution in [0.1, 0.15) is 36.0 Å². The highest BCUT2D eigenvalue weighted by Crippen LogP contribution is 2.27. The number of amides is 1. The summed E-state index contributed by atoms with van der Waals surface area (Å²) in [5, 5.41) is 0. The Bertz CT molecular complexity index is 439. The summed E-state index contributed by atoms with van der Waals surface area (Å²) in [6.45, 7) is 0. The lowest BCUT2D eigenvalue weighted by molar-refractivity contribution is 0.0732. The number of carbonyl (C=O) groups excluding carboxylic acids is 1. The molecule has 1 aliphatic rings. The summed E-state index contributed by atoms with van der Waals surface area (Å²) >= 11 is 0. The van der Waals surface area contributed by atoms with E-state index in [0.29, 0.717) is 23.0 Å². The first-order valence-electron chi connectivity index (χ1n) is 6.34. The minimum absolute atomic E-state index is 0.00829. The van der Waals surface area contributed by atoms with Crippen LogP contribution in [0.3, 0.4) is 0 Å². The molecular formula is C14H20N2O2. The molecule has 1 aromatic carbocycles. The molecule has 2 N–H and O–H groups in total. The van der Waals surface area contributed by atoms with E-state index in [1.165, 1.54) is 12.8 Å². The molecule has 0 radical (unpaired) electrons. The van der Waals surface area contributed by atoms with Crippen molar-refractivity contribution in [1.29, 1.82) is 0 Å². The Morgan fingerprint density at radius 1 is 1.39 bits per heavy atom. The number of ether oxygens (including phenoxy) is 1. The third-order valence-corrected chi connectivity index (χ3v) is 3.65. The fourth-order valence-electron chi connectivity index (χ4n) is 2.54. The van der Waals surface area contributed by atoms with E-state index < -0.39 is 0 Å². The zero-order valence-corrected chi connectivity index (χ0v) is 11.0. The van der Waals surface area contributed by atoms with Gasteiger partial charge in [0.25, 0.3) is 5.91 Å². The molecule has 0 bridgehead atoms. The molecule has 4 nitrogen and oxygen atoms in total. The lowest BCUT2D eigenvalue weighted by atomic mass is 10.1. The Balaban J connectivity index is 2.24. The number of nitrogens with zero attached hydrogens (tertiary/aromatic N) is 1. The summed E-state index contributed by atoms with van der Waals surface area (Å²) < 4.78 is 5.23. The molecule has 1 fully saturated rings. The smallest absolute Gasteiger partial charge is 0.257 e. The summed E-state index contributed by atoms with van der Waals surface area (Å²) in [7, 11) is 3.43. The van der Waals surface area contributed by atoms with Crippen LogP contribution >= 0.6 is 0 Å². The van der Waals surface area contributed by atoms with Crippen molar-refractivity contribution in [2.24, 2.45) is 0 Å². The van der Waals surface area contributed by atoms with E-state index in [1.54, 1.807) is 25.3 Å². The second-order valence-electron chi connectivity index (χ2n) is 4.81. The van der Waals surface area contributed by atoms with Crippen molar-refractivity contribution in [3.8, 4) is 5.75 Å². The summed E-state index contributed by atoms with van der Waals surface area (Å²) in [6, 6.07) is 5.52. The third kappa shape index (κ3) is 2.42. The standard InChI is InChI=1S/C14H20N2O2/c1-16(11-5-3-4-6-11)14(17)12-9-10(15)7-8-13(12)18-2/h7-9,11H,3-6,15H2,1-2H3. The fraction of sp³-hybridized carbons (Fsp3) is 0.500. The molecule has 1 saturated carbocycles. The normalized spacial score (nSPS) is 15.7. The predicted octanol–water partition coefficient (Wildman–Crippen LogP) is 2.29. The van der Waals surface area contributed by atoms with Crippen molar-refractivity contribution in [2.75, 3.05) is 19.9 Å². The predicted molar refractivity (Wildman–Crippen MR) is 71.8 cm³/mol. The maximum absolute atomic E-state index is 12.5. The molecule has 0 heterocycles. The van der Waals surface area contributed by atoms with Crippen LogP contribution in [0.25, 0.3) is 0 Å². The average molecular weight is 248 g/mol. The van der Waals surface area contributed by atoms with Crippen molar-refractivity contribution >= 4 is 11.6 Å². The van der Waals surface area contributed by atoms with E-state index in [9.17, 15) is 4.79 Å². The van der Waals surface area contributed by atoms with E-state index in [2.05, 4.69) is 0 Å². The SMILES string of the molecule is COc1ccc(N)cc1C(=O)N(C)C1CCCC1. The molecule has 98 valence electrons. The topological polar surface area (TPSA) is 55.6 Å². The van der Waals surface area contributed by atoms with Crippen LogP contribution in [-0.2, 0) is 0 Å². The zero-order valence-electron chi connectivity index (χ0n) is 11.0. The maximum atomic E-state index is 12.5. The van der Waals surface area contributed by atoms with Gasteiger partial charge >= 0.3 is 0 Å². The molecule has 1 aliphatic carbocycles. The summed E-state index contributed by atoms with van der Waals surface area (Å²) in [5.41, 5.74) is 6.88. The number of hydrogen-bond acceptors (Lipinski definition) is 3. The molecule has 0 aliphatic heterocycles. The second-order valence-corrected chi connectivity index (χ2v) is 4.81. The number of rotatable bonds is 3. The number of hydrogen-bond donors (Lipinski definition) is 1. The Hall–Kier alpha value is -1.71. The number of anilines is 1. The largest absolute Gasteiger partial charge is 0.496 e. The van der Waals surface area contributed by atoms with Crippen LogP contribution in [0.4, 0.5) is 5.69 Å². The number of carbonyl (C=O) groups is 1. The second kappa shape index (κ2) is 5.29. The van der Waals surface area contributed by atoms with E-state index in [-0.39, 0.29) is 5.91 Å². The van der Waals surface area contributed by atoms with Crippen LogP contribution < -0.4 is 10.5 Å². The molecule has 18 heavy (non-hydrogen) atoms. The Labute approximate surface area is 108 Å². The summed E-state index contributed by atoms with van der Waals surface area (Å²) in [4.78, 5) is 14.3. The highest BCUT2D eigenvalue weighted by atomic mass is 16.5. The third-order valence-electron chi connectivity index (χ3n) is 3.65. The van der Waals surface area contributed by atoms with Crippen molar-refractivity contribution in [2.45, 2.75) is 31.7 Å². The van der Waals surface area contributed by atoms with Crippen molar-refractivity contribution in [1.82, 2.24) is 4.90 Å². The molecule has 1 aromatic rings. The molecule has 0 aromatic heterocycles. The zero-order chi connectivity index (χ0) is 13.1. The number of methoxy groups -OCH3 is 1. The quantitative estimate of drug-likeness (QED) is 0.835. The average Bonchev–Trinajstić information content (AvgIpc) is 2.90. The van der Waals surface area contributed by atoms with Crippen LogP contribution in [0.5, 0.6) is 5.75 Å². The Kier molecular flexibility index (Phi) is 3.75. The first kappa shape index (κ1) is 12.7. The number of nitrogens with two attached hydrogens (primary N) is 1. The van der Waals surface area contributed by atoms with Gasteiger partial charge in [-0.3, -0.25) is 4.79 Å². The van der Waals surface area contributed by atoms with Gasteiger partial charge in [0.15, 0.2) is 0 Å². The lowest BCUT2D eigenvalue weighted by Gasteiger charge is -2.25. The van der Waals surface area contributed by atoms with Gasteiger partial charge in [0.1, 0.15) is 5.75 Å². The number of nitrogen functional groups attached to an aromatic ring is 1. The van der Waals surface area contributed by atoms with E-state index in [4.69, 9.17) is 10.5 Å². The monoisotopic (exact) mass is 248 g/mol. The Morgan fingerprint density at radius 2 is 2.06 bits per heavy atom. The van der Waals surface area contributed by atoms with Crippen molar-refractivity contribution < 1.29 is 9.53 Å². The summed E-state index contributed by atoms with van der Waals surface area (Å²) in [5.74, 6) is 0.574. The van der Waals surface area contributed by atoms with Gasteiger partial charge in [-0.2, -0.15) is 0 Å². The molecule has 0 atom stereocenters. The van der Waals surface area contributed by atoms with Gasteiger partial charge in [0.2, 0.25) is 0 Å². The van der Waals surface area contributed by atoms with E-state index in [0.717, 1.165) is 12.8 Å². The van der Waals surface area contributed by atoms with Gasteiger partial charge in [0, 0.05) is 18.8 Å². The molecule has 1 amide bonds. The van der Waals surface area contributed by atoms with Crippen molar-refractivity contribution in [3.05, 3.63) is 23.8 Å². The summed E-state index contributed by atoms with van der Waals surface area (Å²) in [6.07, 6.45) is 4.59. The highest BCUT2D eigenvalue weighted by Gasteiger charge is 2.25. The first-order chi connectivity index (χ1) is 8.63. The Morgan fingerprint density at radius 3 is 2.67 bits per heavy atom. The van der Waals surface area contributed by atoms with Gasteiger partial charge in [0.05, 0.1) is 12.7 Å². The lowest BCUT2D eigenvalue weighted by Crippen LogP contribution is -2.35. The van der Waals surface area contributed by atoms with Gasteiger partial charge in [-0.05, 0) is 31.0 Å². The molecule has 4 heteroatoms. The maximum Gasteiger partial charge on any atom is 0.257 e. The molecule has 0 saturated heterocycles. The van der Waals surface area contributed by atoms with Gasteiger partial charge < -0.3 is 15.4 Å². The fourth-order valence-corrected chi connectivity index (χ4v) is 2.54. The van der Waals surface area contributed by atoms with Gasteiger partial charge in [-0.1, -0.05) is 12.8 Å². The van der Waals surface area contributed by atoms with Crippen LogP contribution in [0.2, 0.25) is 0 Å². The molecular weight excluding hydrogens is 228 g/mol. The highest BCUT2D eigenvalue weighted by molar-refractivity contribution is 5.97. The van der Waals surface area contributed by atoms with Crippen LogP contribution in [0.15, 0.2) is 18.2 Å². The van der Waals surface area contributed by atoms with E-state index >= 15 is 0 Å². The minimum atomic E-state index is -0.00829. The molecule has 0 spiro atoms. The van der Waals surface area contributed by atoms with Crippen LogP contribution in [-0.4, -0.2) is 31.0 Å². The van der Waals surface area contributed by atoms with E-state index in [1.807, 2.05) is 11.9 Å². The van der Waals surface area contributed by atoms with Crippen molar-refractivity contribution in [3.63, 3.8) is 0 Å². The van der Waals surface area contributed by atoms with Gasteiger partial charge in [-0.25, -0.2) is 0 Å². The molecule has 2 rings (SSSR count).